The van der Waals surface area contributed by atoms with E-state index in [4.69, 9.17) is 16.3 Å². The average Bonchev–Trinajstić information content (AvgIpc) is 2.27. The Bertz CT molecular complexity index is 522. The molecule has 0 bridgehead atoms. The molecule has 0 saturated carbocycles. The molecule has 0 saturated heterocycles. The van der Waals surface area contributed by atoms with Crippen LogP contribution in [-0.4, -0.2) is 22.6 Å². The fourth-order valence-electron chi connectivity index (χ4n) is 1.67. The highest BCUT2D eigenvalue weighted by Gasteiger charge is 2.29. The summed E-state index contributed by atoms with van der Waals surface area (Å²) >= 11 is 5.62. The van der Waals surface area contributed by atoms with Crippen molar-refractivity contribution in [2.45, 2.75) is 38.7 Å². The number of ether oxygens (including phenoxy) is 1. The van der Waals surface area contributed by atoms with Gasteiger partial charge in [0.05, 0.1) is 17.4 Å². The maximum absolute atomic E-state index is 13.9. The van der Waals surface area contributed by atoms with Crippen molar-refractivity contribution in [2.24, 2.45) is 0 Å². The molecule has 110 valence electrons. The molecule has 6 heteroatoms. The topological polar surface area (TPSA) is 63.6 Å². The summed E-state index contributed by atoms with van der Waals surface area (Å²) in [6.07, 6.45) is -0.454. The Hall–Kier alpha value is -1.62. The molecular weight excluding hydrogens is 287 g/mol. The molecule has 1 rings (SSSR count). The number of carboxylic acids is 1. The molecule has 20 heavy (non-hydrogen) atoms. The molecule has 1 unspecified atom stereocenters. The highest BCUT2D eigenvalue weighted by atomic mass is 35.5. The third kappa shape index (κ3) is 4.49. The van der Waals surface area contributed by atoms with Gasteiger partial charge < -0.3 is 9.84 Å². The van der Waals surface area contributed by atoms with Gasteiger partial charge in [-0.15, -0.1) is 0 Å². The van der Waals surface area contributed by atoms with E-state index in [-0.39, 0.29) is 10.6 Å². The molecule has 0 amide bonds. The minimum absolute atomic E-state index is 0.129. The predicted molar refractivity (Wildman–Crippen MR) is 72.2 cm³/mol. The van der Waals surface area contributed by atoms with Crippen LogP contribution in [0, 0.1) is 5.82 Å². The summed E-state index contributed by atoms with van der Waals surface area (Å²) < 4.78 is 18.9. The van der Waals surface area contributed by atoms with E-state index >= 15 is 0 Å². The summed E-state index contributed by atoms with van der Waals surface area (Å²) in [7, 11) is 0. The smallest absolute Gasteiger partial charge is 0.311 e. The third-order valence-electron chi connectivity index (χ3n) is 2.45. The lowest BCUT2D eigenvalue weighted by atomic mass is 9.95. The summed E-state index contributed by atoms with van der Waals surface area (Å²) in [5.41, 5.74) is -0.858. The number of rotatable bonds is 4. The summed E-state index contributed by atoms with van der Waals surface area (Å²) in [6, 6.07) is 4.04. The first kappa shape index (κ1) is 16.4. The molecule has 0 aromatic heterocycles. The number of hydrogen-bond donors (Lipinski definition) is 1. The Balaban J connectivity index is 2.99. The van der Waals surface area contributed by atoms with E-state index in [2.05, 4.69) is 0 Å². The zero-order chi connectivity index (χ0) is 15.5. The van der Waals surface area contributed by atoms with Crippen LogP contribution in [0.3, 0.4) is 0 Å². The summed E-state index contributed by atoms with van der Waals surface area (Å²) in [6.45, 7) is 5.00. The van der Waals surface area contributed by atoms with Gasteiger partial charge in [-0.1, -0.05) is 23.7 Å². The van der Waals surface area contributed by atoms with Gasteiger partial charge in [0.25, 0.3) is 0 Å². The van der Waals surface area contributed by atoms with Crippen LogP contribution in [0.15, 0.2) is 18.2 Å². The highest BCUT2D eigenvalue weighted by molar-refractivity contribution is 6.30. The van der Waals surface area contributed by atoms with Crippen LogP contribution in [0.25, 0.3) is 0 Å². The largest absolute Gasteiger partial charge is 0.481 e. The maximum atomic E-state index is 13.9. The van der Waals surface area contributed by atoms with Crippen LogP contribution >= 0.6 is 11.6 Å². The van der Waals surface area contributed by atoms with Crippen LogP contribution in [-0.2, 0) is 14.3 Å². The zero-order valence-corrected chi connectivity index (χ0v) is 12.2. The van der Waals surface area contributed by atoms with Crippen molar-refractivity contribution in [3.8, 4) is 0 Å². The van der Waals surface area contributed by atoms with Crippen LogP contribution in [0.5, 0.6) is 0 Å². The molecule has 1 N–H and O–H groups in total. The fraction of sp³-hybridized carbons (Fsp3) is 0.429. The molecular formula is C14H16ClFO4. The third-order valence-corrected chi connectivity index (χ3v) is 2.74. The number of carbonyl (C=O) groups is 2. The van der Waals surface area contributed by atoms with Gasteiger partial charge in [-0.2, -0.15) is 0 Å². The lowest BCUT2D eigenvalue weighted by Gasteiger charge is -2.21. The van der Waals surface area contributed by atoms with Crippen molar-refractivity contribution in [2.75, 3.05) is 0 Å². The predicted octanol–water partition coefficient (Wildman–Crippen LogP) is 3.38. The van der Waals surface area contributed by atoms with Crippen molar-refractivity contribution in [3.63, 3.8) is 0 Å². The maximum Gasteiger partial charge on any atom is 0.311 e. The van der Waals surface area contributed by atoms with E-state index in [1.54, 1.807) is 20.8 Å². The van der Waals surface area contributed by atoms with Crippen LogP contribution < -0.4 is 0 Å². The van der Waals surface area contributed by atoms with Crippen molar-refractivity contribution >= 4 is 23.5 Å². The Morgan fingerprint density at radius 2 is 2.00 bits per heavy atom. The number of hydrogen-bond acceptors (Lipinski definition) is 3. The first-order chi connectivity index (χ1) is 9.11. The van der Waals surface area contributed by atoms with E-state index < -0.39 is 35.7 Å². The molecule has 4 nitrogen and oxygen atoms in total. The Labute approximate surface area is 121 Å². The molecule has 0 aliphatic rings. The lowest BCUT2D eigenvalue weighted by molar-refractivity contribution is -0.158. The highest BCUT2D eigenvalue weighted by Crippen LogP contribution is 2.28. The van der Waals surface area contributed by atoms with Gasteiger partial charge in [0.1, 0.15) is 11.4 Å². The zero-order valence-electron chi connectivity index (χ0n) is 11.4. The SMILES string of the molecule is CC(C)(C)OC(=O)CC(C(=O)O)c1cccc(Cl)c1F. The van der Waals surface area contributed by atoms with E-state index in [0.717, 1.165) is 0 Å². The Morgan fingerprint density at radius 3 is 2.50 bits per heavy atom. The number of carbonyl (C=O) groups excluding carboxylic acids is 1. The van der Waals surface area contributed by atoms with E-state index in [0.29, 0.717) is 0 Å². The second kappa shape index (κ2) is 6.22. The van der Waals surface area contributed by atoms with Gasteiger partial charge in [0, 0.05) is 5.56 Å². The summed E-state index contributed by atoms with van der Waals surface area (Å²) in [4.78, 5) is 22.9. The molecule has 1 atom stereocenters. The Morgan fingerprint density at radius 1 is 1.40 bits per heavy atom. The van der Waals surface area contributed by atoms with Crippen LogP contribution in [0.2, 0.25) is 5.02 Å². The minimum atomic E-state index is -1.33. The quantitative estimate of drug-likeness (QED) is 0.866. The van der Waals surface area contributed by atoms with Gasteiger partial charge in [0.15, 0.2) is 0 Å². The van der Waals surface area contributed by atoms with Crippen molar-refractivity contribution in [1.82, 2.24) is 0 Å². The van der Waals surface area contributed by atoms with Gasteiger partial charge in [0.2, 0.25) is 0 Å². The van der Waals surface area contributed by atoms with Crippen LogP contribution in [0.4, 0.5) is 4.39 Å². The molecule has 1 aromatic carbocycles. The molecule has 0 heterocycles. The monoisotopic (exact) mass is 302 g/mol. The molecule has 0 fully saturated rings. The number of esters is 1. The standard InChI is InChI=1S/C14H16ClFO4/c1-14(2,3)20-11(17)7-9(13(18)19)8-5-4-6-10(15)12(8)16/h4-6,9H,7H2,1-3H3,(H,18,19). The summed E-state index contributed by atoms with van der Waals surface area (Å²) in [5.74, 6) is -4.17. The number of halogens is 2. The number of benzene rings is 1. The average molecular weight is 303 g/mol. The van der Waals surface area contributed by atoms with Crippen molar-refractivity contribution in [3.05, 3.63) is 34.6 Å². The number of aliphatic carboxylic acids is 1. The van der Waals surface area contributed by atoms with E-state index in [1.165, 1.54) is 18.2 Å². The molecule has 1 aromatic rings. The van der Waals surface area contributed by atoms with Gasteiger partial charge >= 0.3 is 11.9 Å². The van der Waals surface area contributed by atoms with E-state index in [1.807, 2.05) is 0 Å². The van der Waals surface area contributed by atoms with Crippen molar-refractivity contribution < 1.29 is 23.8 Å². The van der Waals surface area contributed by atoms with Crippen molar-refractivity contribution in [1.29, 1.82) is 0 Å². The first-order valence-corrected chi connectivity index (χ1v) is 6.38. The van der Waals surface area contributed by atoms with Gasteiger partial charge in [-0.3, -0.25) is 9.59 Å². The second-order valence-corrected chi connectivity index (χ2v) is 5.73. The van der Waals surface area contributed by atoms with Gasteiger partial charge in [-0.25, -0.2) is 4.39 Å². The normalized spacial score (nSPS) is 12.8. The lowest BCUT2D eigenvalue weighted by Crippen LogP contribution is -2.27. The first-order valence-electron chi connectivity index (χ1n) is 6.00. The molecule has 0 spiro atoms. The molecule has 0 aliphatic heterocycles. The second-order valence-electron chi connectivity index (χ2n) is 5.32. The Kier molecular flexibility index (Phi) is 5.11. The fourth-order valence-corrected chi connectivity index (χ4v) is 1.85. The molecule has 0 radical (unpaired) electrons. The molecule has 0 aliphatic carbocycles. The summed E-state index contributed by atoms with van der Waals surface area (Å²) in [5, 5.41) is 8.99. The minimum Gasteiger partial charge on any atom is -0.481 e. The van der Waals surface area contributed by atoms with Gasteiger partial charge in [-0.05, 0) is 26.8 Å². The number of carboxylic acid groups (broad SMARTS) is 1. The van der Waals surface area contributed by atoms with E-state index in [9.17, 15) is 19.1 Å². The van der Waals surface area contributed by atoms with Crippen LogP contribution in [0.1, 0.15) is 38.7 Å².